The van der Waals surface area contributed by atoms with E-state index >= 15 is 0 Å². The summed E-state index contributed by atoms with van der Waals surface area (Å²) in [6, 6.07) is 82.5. The molecule has 9 aromatic carbocycles. The molecular formula is C66H58Si. The Balaban J connectivity index is 1.57. The van der Waals surface area contributed by atoms with E-state index in [1.54, 1.807) is 0 Å². The van der Waals surface area contributed by atoms with E-state index < -0.39 is 13.1 Å². The van der Waals surface area contributed by atoms with Crippen LogP contribution in [0.5, 0.6) is 0 Å². The smallest absolute Gasteiger partial charge is 0.0730 e. The lowest BCUT2D eigenvalue weighted by molar-refractivity contribution is 0.870. The molecule has 0 nitrogen and oxygen atoms in total. The summed E-state index contributed by atoms with van der Waals surface area (Å²) in [7, 11) is -3.66. The minimum atomic E-state index is -3.66. The van der Waals surface area contributed by atoms with Crippen molar-refractivity contribution in [2.24, 2.45) is 0 Å². The lowest BCUT2D eigenvalue weighted by atomic mass is 9.92. The SMILES string of the molecule is CC1=CC(C)([Si](c2cc(C)cc(-c3ccccc3)c2-c2ccccc2)(c2cc(C)cc(-c3ccccc3)c2-c2ccccc2)c2cc(C)cc(-c3ccccc3)c2-c2ccccc2)C(C)=C1C. The Morgan fingerprint density at radius 3 is 0.806 bits per heavy atom. The zero-order valence-corrected chi connectivity index (χ0v) is 40.9. The minimum absolute atomic E-state index is 0.469. The second-order valence-electron chi connectivity index (χ2n) is 18.9. The Hall–Kier alpha value is -7.32. The van der Waals surface area contributed by atoms with Crippen molar-refractivity contribution in [2.45, 2.75) is 53.5 Å². The van der Waals surface area contributed by atoms with Crippen molar-refractivity contribution in [2.75, 3.05) is 0 Å². The summed E-state index contributed by atoms with van der Waals surface area (Å²) in [6.45, 7) is 16.7. The third-order valence-electron chi connectivity index (χ3n) is 14.7. The Morgan fingerprint density at radius 1 is 0.313 bits per heavy atom. The summed E-state index contributed by atoms with van der Waals surface area (Å²) < 4.78 is 0. The van der Waals surface area contributed by atoms with Crippen LogP contribution in [0.3, 0.4) is 0 Å². The third kappa shape index (κ3) is 7.49. The van der Waals surface area contributed by atoms with Crippen LogP contribution >= 0.6 is 0 Å². The van der Waals surface area contributed by atoms with Crippen LogP contribution in [0, 0.1) is 20.8 Å². The van der Waals surface area contributed by atoms with Crippen LogP contribution in [0.2, 0.25) is 5.04 Å². The molecule has 0 saturated carbocycles. The monoisotopic (exact) mass is 878 g/mol. The van der Waals surface area contributed by atoms with Gasteiger partial charge in [0.25, 0.3) is 0 Å². The fourth-order valence-corrected chi connectivity index (χ4v) is 18.6. The lowest BCUT2D eigenvalue weighted by Crippen LogP contribution is -2.74. The minimum Gasteiger partial charge on any atom is -0.0730 e. The molecule has 67 heavy (non-hydrogen) atoms. The molecule has 0 aromatic heterocycles. The van der Waals surface area contributed by atoms with Gasteiger partial charge in [-0.1, -0.05) is 259 Å². The van der Waals surface area contributed by atoms with Crippen LogP contribution < -0.4 is 15.6 Å². The summed E-state index contributed by atoms with van der Waals surface area (Å²) in [6.07, 6.45) is 2.70. The van der Waals surface area contributed by atoms with Crippen molar-refractivity contribution in [3.8, 4) is 66.8 Å². The highest BCUT2D eigenvalue weighted by molar-refractivity contribution is 7.16. The molecule has 0 amide bonds. The van der Waals surface area contributed by atoms with E-state index in [0.717, 1.165) is 0 Å². The van der Waals surface area contributed by atoms with Gasteiger partial charge in [0.1, 0.15) is 0 Å². The molecule has 0 bridgehead atoms. The highest BCUT2D eigenvalue weighted by atomic mass is 28.3. The van der Waals surface area contributed by atoms with Crippen LogP contribution in [0.4, 0.5) is 0 Å². The number of hydrogen-bond acceptors (Lipinski definition) is 0. The van der Waals surface area contributed by atoms with Crippen molar-refractivity contribution in [1.29, 1.82) is 0 Å². The van der Waals surface area contributed by atoms with Crippen LogP contribution in [-0.4, -0.2) is 8.07 Å². The molecule has 1 heteroatoms. The standard InChI is InChI=1S/C66H58Si/c1-45-38-57(51-26-14-8-15-27-51)63(54-32-20-11-21-33-54)60(41-45)67(66(7)44-48(4)49(5)50(66)6,61-42-46(2)39-58(52-28-16-9-17-29-52)64(61)55-34-22-12-23-35-55)62-43-47(3)40-59(53-30-18-10-19-31-53)65(62)56-36-24-13-25-37-56/h8-44H,1-7H3. The number of rotatable bonds is 10. The van der Waals surface area contributed by atoms with Gasteiger partial charge in [-0.2, -0.15) is 0 Å². The number of hydrogen-bond donors (Lipinski definition) is 0. The summed E-state index contributed by atoms with van der Waals surface area (Å²) in [5.41, 5.74) is 22.9. The maximum absolute atomic E-state index is 3.66. The Morgan fingerprint density at radius 2 is 0.567 bits per heavy atom. The topological polar surface area (TPSA) is 0 Å². The molecule has 9 aromatic rings. The molecular weight excluding hydrogens is 821 g/mol. The second-order valence-corrected chi connectivity index (χ2v) is 23.1. The van der Waals surface area contributed by atoms with Crippen LogP contribution in [0.1, 0.15) is 44.4 Å². The number of allylic oxidation sites excluding steroid dienone is 4. The predicted octanol–water partition coefficient (Wildman–Crippen LogP) is 16.1. The van der Waals surface area contributed by atoms with E-state index in [4.69, 9.17) is 0 Å². The maximum atomic E-state index is 2.70. The summed E-state index contributed by atoms with van der Waals surface area (Å²) >= 11 is 0. The van der Waals surface area contributed by atoms with Gasteiger partial charge in [-0.25, -0.2) is 0 Å². The first-order valence-electron chi connectivity index (χ1n) is 23.8. The van der Waals surface area contributed by atoms with E-state index in [2.05, 4.69) is 273 Å². The first-order valence-corrected chi connectivity index (χ1v) is 25.8. The van der Waals surface area contributed by atoms with Crippen LogP contribution in [0.25, 0.3) is 66.8 Å². The van der Waals surface area contributed by atoms with E-state index in [9.17, 15) is 0 Å². The first kappa shape index (κ1) is 43.6. The lowest BCUT2D eigenvalue weighted by Gasteiger charge is -2.50. The maximum Gasteiger partial charge on any atom is 0.163 e. The molecule has 1 aliphatic rings. The van der Waals surface area contributed by atoms with Gasteiger partial charge in [0.2, 0.25) is 0 Å². The largest absolute Gasteiger partial charge is 0.163 e. The second kappa shape index (κ2) is 17.8. The highest BCUT2D eigenvalue weighted by Gasteiger charge is 2.59. The third-order valence-corrected chi connectivity index (χ3v) is 20.4. The fraction of sp³-hybridized carbons (Fsp3) is 0.121. The van der Waals surface area contributed by atoms with Gasteiger partial charge in [-0.3, -0.25) is 0 Å². The average molecular weight is 879 g/mol. The zero-order valence-electron chi connectivity index (χ0n) is 39.9. The van der Waals surface area contributed by atoms with Crippen molar-refractivity contribution >= 4 is 23.6 Å². The molecule has 1 atom stereocenters. The molecule has 0 heterocycles. The zero-order chi connectivity index (χ0) is 46.3. The van der Waals surface area contributed by atoms with Gasteiger partial charge >= 0.3 is 0 Å². The molecule has 10 rings (SSSR count). The molecule has 0 saturated heterocycles. The van der Waals surface area contributed by atoms with Crippen LogP contribution in [0.15, 0.2) is 241 Å². The molecule has 326 valence electrons. The van der Waals surface area contributed by atoms with Gasteiger partial charge in [0.05, 0.1) is 0 Å². The molecule has 0 aliphatic heterocycles. The molecule has 0 spiro atoms. The summed E-state index contributed by atoms with van der Waals surface area (Å²) in [4.78, 5) is 0. The fourth-order valence-electron chi connectivity index (χ4n) is 11.5. The average Bonchev–Trinajstić information content (AvgIpc) is 3.57. The predicted molar refractivity (Wildman–Crippen MR) is 291 cm³/mol. The first-order chi connectivity index (χ1) is 32.6. The normalized spacial score (nSPS) is 14.9. The molecule has 0 radical (unpaired) electrons. The number of benzene rings is 9. The molecule has 0 N–H and O–H groups in total. The number of aryl methyl sites for hydroxylation is 3. The Bertz CT molecular complexity index is 2990. The molecule has 1 unspecified atom stereocenters. The van der Waals surface area contributed by atoms with Gasteiger partial charge in [0, 0.05) is 5.04 Å². The van der Waals surface area contributed by atoms with E-state index in [1.165, 1.54) is 116 Å². The quantitative estimate of drug-likeness (QED) is 0.0948. The van der Waals surface area contributed by atoms with Gasteiger partial charge in [-0.15, -0.1) is 0 Å². The summed E-state index contributed by atoms with van der Waals surface area (Å²) in [5, 5.41) is 3.79. The van der Waals surface area contributed by atoms with Gasteiger partial charge in [-0.05, 0) is 129 Å². The van der Waals surface area contributed by atoms with Gasteiger partial charge < -0.3 is 0 Å². The molecule has 1 aliphatic carbocycles. The van der Waals surface area contributed by atoms with E-state index in [1.807, 2.05) is 0 Å². The van der Waals surface area contributed by atoms with Crippen molar-refractivity contribution in [3.63, 3.8) is 0 Å². The molecule has 0 fully saturated rings. The van der Waals surface area contributed by atoms with Crippen molar-refractivity contribution < 1.29 is 0 Å². The van der Waals surface area contributed by atoms with Crippen molar-refractivity contribution in [1.82, 2.24) is 0 Å². The summed E-state index contributed by atoms with van der Waals surface area (Å²) in [5.74, 6) is 0. The highest BCUT2D eigenvalue weighted by Crippen LogP contribution is 2.56. The van der Waals surface area contributed by atoms with Gasteiger partial charge in [0.15, 0.2) is 8.07 Å². The van der Waals surface area contributed by atoms with E-state index in [-0.39, 0.29) is 0 Å². The van der Waals surface area contributed by atoms with Crippen LogP contribution in [-0.2, 0) is 0 Å². The van der Waals surface area contributed by atoms with E-state index in [0.29, 0.717) is 0 Å². The van der Waals surface area contributed by atoms with Crippen molar-refractivity contribution in [3.05, 3.63) is 258 Å². The Labute approximate surface area is 399 Å². The Kier molecular flexibility index (Phi) is 11.6.